The molecule has 0 heterocycles. The number of benzene rings is 2. The smallest absolute Gasteiger partial charge is 0.499 e. The maximum Gasteiger partial charge on any atom is 0.766 e. The summed E-state index contributed by atoms with van der Waals surface area (Å²) in [6, 6.07) is 21.2. The Bertz CT molecular complexity index is 491. The molecule has 0 aromatic heterocycles. The summed E-state index contributed by atoms with van der Waals surface area (Å²) in [6.45, 7) is 8.72. The highest BCUT2D eigenvalue weighted by molar-refractivity contribution is 6.25. The molecule has 0 N–H and O–H groups in total. The van der Waals surface area contributed by atoms with Crippen LogP contribution in [0.3, 0.4) is 0 Å². The predicted octanol–water partition coefficient (Wildman–Crippen LogP) is 6.78. The molecule has 0 atom stereocenters. The summed E-state index contributed by atoms with van der Waals surface area (Å²) in [7, 11) is 0.558. The lowest BCUT2D eigenvalue weighted by atomic mass is 10.0. The first kappa shape index (κ1) is 28.3. The quantitative estimate of drug-likeness (QED) is 0.477. The van der Waals surface area contributed by atoms with Gasteiger partial charge in [-0.05, 0) is 24.0 Å². The summed E-state index contributed by atoms with van der Waals surface area (Å²) < 4.78 is 18.4. The van der Waals surface area contributed by atoms with Crippen LogP contribution in [0.25, 0.3) is 0 Å². The molecule has 0 saturated heterocycles. The van der Waals surface area contributed by atoms with Crippen molar-refractivity contribution in [2.45, 2.75) is 66.2 Å². The van der Waals surface area contributed by atoms with Crippen LogP contribution < -0.4 is 0 Å². The molecule has 0 aliphatic carbocycles. The molecule has 4 heteroatoms. The van der Waals surface area contributed by atoms with E-state index in [1.807, 2.05) is 0 Å². The Morgan fingerprint density at radius 3 is 1.07 bits per heavy atom. The summed E-state index contributed by atoms with van der Waals surface area (Å²) in [5, 5.41) is 0. The van der Waals surface area contributed by atoms with Crippen molar-refractivity contribution in [1.82, 2.24) is 0 Å². The molecule has 0 fully saturated rings. The Labute approximate surface area is 175 Å². The van der Waals surface area contributed by atoms with Gasteiger partial charge in [0.1, 0.15) is 0 Å². The van der Waals surface area contributed by atoms with E-state index in [1.54, 1.807) is 0 Å². The molecule has 0 unspecified atom stereocenters. The van der Waals surface area contributed by atoms with Gasteiger partial charge >= 0.3 is 9.17 Å². The van der Waals surface area contributed by atoms with Gasteiger partial charge in [0.15, 0.2) is 0 Å². The molecule has 0 spiro atoms. The second-order valence-corrected chi connectivity index (χ2v) is 7.45. The molecule has 3 nitrogen and oxygen atoms in total. The van der Waals surface area contributed by atoms with Gasteiger partial charge < -0.3 is 8.85 Å². The summed E-state index contributed by atoms with van der Waals surface area (Å²) in [5.41, 5.74) is 2.83. The number of hydrogen-bond acceptors (Lipinski definition) is 3. The fourth-order valence-corrected chi connectivity index (χ4v) is 1.83. The molecule has 0 saturated carbocycles. The van der Waals surface area contributed by atoms with Gasteiger partial charge in [-0.25, -0.2) is 0 Å². The van der Waals surface area contributed by atoms with Crippen LogP contribution in [-0.2, 0) is 26.2 Å². The standard InChI is InChI=1S/C14H14.2C4H10.C2H6O3Si/c1-3-7-13(8-4-1)11-12-14-9-5-2-6-10-14;2*1-3-4-2;1-4-6(3)5-2/h1-10H,11-12H2;2*3-4H2,1-2H3;1-2H3. The van der Waals surface area contributed by atoms with Gasteiger partial charge in [-0.1, -0.05) is 114 Å². The molecule has 0 aliphatic rings. The minimum atomic E-state index is -2.12. The van der Waals surface area contributed by atoms with Crippen molar-refractivity contribution in [1.29, 1.82) is 0 Å². The Morgan fingerprint density at radius 1 is 0.607 bits per heavy atom. The largest absolute Gasteiger partial charge is 0.766 e. The molecular formula is C24H40O3Si. The highest BCUT2D eigenvalue weighted by Gasteiger charge is 2.00. The lowest BCUT2D eigenvalue weighted by molar-refractivity contribution is 0.236. The van der Waals surface area contributed by atoms with Crippen molar-refractivity contribution in [2.75, 3.05) is 14.2 Å². The fourth-order valence-electron chi connectivity index (χ4n) is 1.66. The van der Waals surface area contributed by atoms with Crippen LogP contribution in [-0.4, -0.2) is 23.4 Å². The van der Waals surface area contributed by atoms with Crippen molar-refractivity contribution in [3.05, 3.63) is 71.8 Å². The monoisotopic (exact) mass is 404 g/mol. The van der Waals surface area contributed by atoms with E-state index in [9.17, 15) is 4.46 Å². The second kappa shape index (κ2) is 23.1. The zero-order valence-electron chi connectivity index (χ0n) is 18.7. The number of hydrogen-bond donors (Lipinski definition) is 0. The minimum Gasteiger partial charge on any atom is -0.499 e. The van der Waals surface area contributed by atoms with E-state index >= 15 is 0 Å². The lowest BCUT2D eigenvalue weighted by Crippen LogP contribution is -2.04. The SMILES string of the molecule is CCCC.CCCC.CO[Si](=O)OC.c1ccc(CCc2ccccc2)cc1. The Kier molecular flexibility index (Phi) is 23.3. The van der Waals surface area contributed by atoms with Gasteiger partial charge in [0.25, 0.3) is 0 Å². The van der Waals surface area contributed by atoms with Gasteiger partial charge in [-0.2, -0.15) is 0 Å². The molecule has 0 amide bonds. The third kappa shape index (κ3) is 20.4. The summed E-state index contributed by atoms with van der Waals surface area (Å²) >= 11 is 0. The highest BCUT2D eigenvalue weighted by Crippen LogP contribution is 2.06. The number of aryl methyl sites for hydroxylation is 2. The van der Waals surface area contributed by atoms with E-state index in [2.05, 4.69) is 97.2 Å². The van der Waals surface area contributed by atoms with E-state index in [0.717, 1.165) is 12.8 Å². The lowest BCUT2D eigenvalue weighted by Gasteiger charge is -2.01. The first-order valence-electron chi connectivity index (χ1n) is 10.3. The number of rotatable bonds is 7. The predicted molar refractivity (Wildman–Crippen MR) is 122 cm³/mol. The molecule has 0 aliphatic heterocycles. The van der Waals surface area contributed by atoms with E-state index in [0.29, 0.717) is 0 Å². The average molecular weight is 405 g/mol. The molecule has 2 rings (SSSR count). The molecule has 2 aromatic carbocycles. The third-order valence-electron chi connectivity index (χ3n) is 3.72. The summed E-state index contributed by atoms with van der Waals surface area (Å²) in [5.74, 6) is 0. The Morgan fingerprint density at radius 2 is 0.893 bits per heavy atom. The van der Waals surface area contributed by atoms with Gasteiger partial charge in [-0.15, -0.1) is 0 Å². The van der Waals surface area contributed by atoms with E-state index in [-0.39, 0.29) is 0 Å². The highest BCUT2D eigenvalue weighted by atomic mass is 28.3. The fraction of sp³-hybridized carbons (Fsp3) is 0.500. The van der Waals surface area contributed by atoms with Crippen LogP contribution in [0.1, 0.15) is 64.5 Å². The first-order chi connectivity index (χ1) is 13.6. The van der Waals surface area contributed by atoms with Crippen LogP contribution in [0.2, 0.25) is 0 Å². The van der Waals surface area contributed by atoms with Gasteiger partial charge in [0, 0.05) is 0 Å². The minimum absolute atomic E-state index is 1.13. The molecular weight excluding hydrogens is 364 g/mol. The maximum atomic E-state index is 9.92. The third-order valence-corrected chi connectivity index (χ3v) is 4.39. The van der Waals surface area contributed by atoms with E-state index < -0.39 is 9.17 Å². The van der Waals surface area contributed by atoms with E-state index in [1.165, 1.54) is 51.0 Å². The maximum absolute atomic E-state index is 9.92. The van der Waals surface area contributed by atoms with Crippen LogP contribution in [0.4, 0.5) is 0 Å². The van der Waals surface area contributed by atoms with Gasteiger partial charge in [0.2, 0.25) is 0 Å². The Balaban J connectivity index is 0. The normalized spacial score (nSPS) is 8.64. The molecule has 2 aromatic rings. The first-order valence-corrected chi connectivity index (χ1v) is 11.5. The topological polar surface area (TPSA) is 35.5 Å². The molecule has 0 bridgehead atoms. The van der Waals surface area contributed by atoms with Crippen molar-refractivity contribution in [3.8, 4) is 0 Å². The van der Waals surface area contributed by atoms with Crippen molar-refractivity contribution >= 4 is 9.17 Å². The van der Waals surface area contributed by atoms with Crippen LogP contribution >= 0.6 is 0 Å². The van der Waals surface area contributed by atoms with Crippen molar-refractivity contribution in [3.63, 3.8) is 0 Å². The average Bonchev–Trinajstić information content (AvgIpc) is 2.79. The van der Waals surface area contributed by atoms with Crippen LogP contribution in [0.15, 0.2) is 60.7 Å². The van der Waals surface area contributed by atoms with Crippen LogP contribution in [0.5, 0.6) is 0 Å². The summed E-state index contributed by atoms with van der Waals surface area (Å²) in [4.78, 5) is 0. The Hall–Kier alpha value is -1.94. The van der Waals surface area contributed by atoms with Crippen molar-refractivity contribution < 1.29 is 13.3 Å². The van der Waals surface area contributed by atoms with Gasteiger partial charge in [-0.3, -0.25) is 4.46 Å². The molecule has 0 radical (unpaired) electrons. The number of unbranched alkanes of at least 4 members (excludes halogenated alkanes) is 2. The second-order valence-electron chi connectivity index (χ2n) is 6.13. The molecule has 158 valence electrons. The van der Waals surface area contributed by atoms with Crippen LogP contribution in [0, 0.1) is 0 Å². The molecule has 28 heavy (non-hydrogen) atoms. The van der Waals surface area contributed by atoms with Crippen molar-refractivity contribution in [2.24, 2.45) is 0 Å². The zero-order valence-corrected chi connectivity index (χ0v) is 19.7. The van der Waals surface area contributed by atoms with E-state index in [4.69, 9.17) is 0 Å². The zero-order chi connectivity index (χ0) is 21.5. The van der Waals surface area contributed by atoms with Gasteiger partial charge in [0.05, 0.1) is 14.2 Å². The summed E-state index contributed by atoms with van der Waals surface area (Å²) in [6.07, 6.45) is 7.54.